The maximum absolute atomic E-state index is 5.95. The van der Waals surface area contributed by atoms with Gasteiger partial charge >= 0.3 is 0 Å². The molecule has 3 rings (SSSR count). The molecule has 4 heteroatoms. The molecule has 0 saturated heterocycles. The van der Waals surface area contributed by atoms with E-state index in [4.69, 9.17) is 10.5 Å². The van der Waals surface area contributed by atoms with Crippen LogP contribution in [0.3, 0.4) is 0 Å². The van der Waals surface area contributed by atoms with Crippen molar-refractivity contribution in [2.45, 2.75) is 6.92 Å². The summed E-state index contributed by atoms with van der Waals surface area (Å²) in [5, 5.41) is 0.562. The van der Waals surface area contributed by atoms with Crippen molar-refractivity contribution in [2.24, 2.45) is 0 Å². The van der Waals surface area contributed by atoms with Crippen LogP contribution >= 0.6 is 11.3 Å². The molecule has 0 spiro atoms. The van der Waals surface area contributed by atoms with E-state index in [-0.39, 0.29) is 0 Å². The Balaban J connectivity index is 2.21. The fraction of sp³-hybridized carbons (Fsp3) is 0.118. The van der Waals surface area contributed by atoms with Crippen molar-refractivity contribution in [1.82, 2.24) is 4.98 Å². The normalized spacial score (nSPS) is 10.6. The molecule has 106 valence electrons. The van der Waals surface area contributed by atoms with E-state index in [0.29, 0.717) is 5.13 Å². The zero-order valence-electron chi connectivity index (χ0n) is 12.0. The number of rotatable bonds is 3. The minimum absolute atomic E-state index is 0.562. The van der Waals surface area contributed by atoms with Crippen LogP contribution in [-0.4, -0.2) is 12.1 Å². The summed E-state index contributed by atoms with van der Waals surface area (Å²) >= 11 is 1.48. The molecule has 0 radical (unpaired) electrons. The molecule has 1 aromatic heterocycles. The lowest BCUT2D eigenvalue weighted by atomic mass is 10.0. The molecule has 0 bridgehead atoms. The van der Waals surface area contributed by atoms with Crippen LogP contribution in [0.15, 0.2) is 48.5 Å². The molecule has 3 nitrogen and oxygen atoms in total. The number of nitrogens with two attached hydrogens (primary N) is 1. The Bertz CT molecular complexity index is 780. The van der Waals surface area contributed by atoms with Crippen molar-refractivity contribution in [3.63, 3.8) is 0 Å². The molecule has 2 N–H and O–H groups in total. The van der Waals surface area contributed by atoms with Crippen molar-refractivity contribution in [2.75, 3.05) is 12.8 Å². The second kappa shape index (κ2) is 5.58. The number of para-hydroxylation sites is 1. The largest absolute Gasteiger partial charge is 0.496 e. The van der Waals surface area contributed by atoms with Gasteiger partial charge in [-0.2, -0.15) is 0 Å². The zero-order chi connectivity index (χ0) is 14.8. The maximum Gasteiger partial charge on any atom is 0.181 e. The number of aryl methyl sites for hydroxylation is 1. The van der Waals surface area contributed by atoms with Gasteiger partial charge in [0.05, 0.1) is 17.7 Å². The number of aromatic nitrogens is 1. The molecule has 0 atom stereocenters. The fourth-order valence-electron chi connectivity index (χ4n) is 2.34. The number of methoxy groups -OCH3 is 1. The summed E-state index contributed by atoms with van der Waals surface area (Å²) in [7, 11) is 1.68. The van der Waals surface area contributed by atoms with Gasteiger partial charge in [0, 0.05) is 11.1 Å². The molecular formula is C17H16N2OS. The van der Waals surface area contributed by atoms with Crippen molar-refractivity contribution in [3.8, 4) is 27.4 Å². The van der Waals surface area contributed by atoms with E-state index in [1.165, 1.54) is 16.9 Å². The van der Waals surface area contributed by atoms with Gasteiger partial charge in [-0.25, -0.2) is 4.98 Å². The highest BCUT2D eigenvalue weighted by Gasteiger charge is 2.16. The number of hydrogen-bond donors (Lipinski definition) is 1. The molecule has 2 aromatic carbocycles. The molecule has 1 heterocycles. The highest BCUT2D eigenvalue weighted by molar-refractivity contribution is 7.19. The van der Waals surface area contributed by atoms with E-state index in [1.54, 1.807) is 7.11 Å². The van der Waals surface area contributed by atoms with Crippen LogP contribution in [0.25, 0.3) is 21.7 Å². The number of ether oxygens (including phenoxy) is 1. The van der Waals surface area contributed by atoms with Gasteiger partial charge in [0.1, 0.15) is 5.75 Å². The maximum atomic E-state index is 5.95. The Labute approximate surface area is 128 Å². The minimum Gasteiger partial charge on any atom is -0.496 e. The summed E-state index contributed by atoms with van der Waals surface area (Å²) in [6, 6.07) is 16.2. The molecule has 21 heavy (non-hydrogen) atoms. The van der Waals surface area contributed by atoms with Gasteiger partial charge in [-0.3, -0.25) is 0 Å². The number of nitrogens with zero attached hydrogens (tertiary/aromatic N) is 1. The van der Waals surface area contributed by atoms with Gasteiger partial charge in [0.2, 0.25) is 0 Å². The van der Waals surface area contributed by atoms with Gasteiger partial charge in [-0.1, -0.05) is 47.2 Å². The van der Waals surface area contributed by atoms with E-state index in [0.717, 1.165) is 27.4 Å². The van der Waals surface area contributed by atoms with E-state index < -0.39 is 0 Å². The number of hydrogen-bond acceptors (Lipinski definition) is 4. The van der Waals surface area contributed by atoms with Crippen LogP contribution in [0.4, 0.5) is 5.13 Å². The highest BCUT2D eigenvalue weighted by Crippen LogP contribution is 2.41. The lowest BCUT2D eigenvalue weighted by molar-refractivity contribution is 0.416. The molecule has 0 unspecified atom stereocenters. The third-order valence-corrected chi connectivity index (χ3v) is 4.20. The average molecular weight is 296 g/mol. The number of anilines is 1. The van der Waals surface area contributed by atoms with Gasteiger partial charge < -0.3 is 10.5 Å². The molecule has 0 fully saturated rings. The summed E-state index contributed by atoms with van der Waals surface area (Å²) < 4.78 is 5.46. The van der Waals surface area contributed by atoms with Crippen LogP contribution < -0.4 is 10.5 Å². The average Bonchev–Trinajstić information content (AvgIpc) is 2.89. The lowest BCUT2D eigenvalue weighted by Gasteiger charge is -2.08. The van der Waals surface area contributed by atoms with Crippen molar-refractivity contribution < 1.29 is 4.74 Å². The van der Waals surface area contributed by atoms with Gasteiger partial charge in [-0.15, -0.1) is 0 Å². The van der Waals surface area contributed by atoms with E-state index in [9.17, 15) is 0 Å². The first-order valence-corrected chi connectivity index (χ1v) is 7.47. The third-order valence-electron chi connectivity index (χ3n) is 3.29. The van der Waals surface area contributed by atoms with Gasteiger partial charge in [0.15, 0.2) is 5.13 Å². The van der Waals surface area contributed by atoms with E-state index >= 15 is 0 Å². The monoisotopic (exact) mass is 296 g/mol. The van der Waals surface area contributed by atoms with Crippen LogP contribution in [0.2, 0.25) is 0 Å². The Morgan fingerprint density at radius 1 is 1.10 bits per heavy atom. The van der Waals surface area contributed by atoms with Crippen molar-refractivity contribution >= 4 is 16.5 Å². The molecule has 0 amide bonds. The van der Waals surface area contributed by atoms with E-state index in [2.05, 4.69) is 30.1 Å². The molecule has 0 aliphatic rings. The Kier molecular flexibility index (Phi) is 3.62. The first kappa shape index (κ1) is 13.6. The van der Waals surface area contributed by atoms with Crippen LogP contribution in [0.5, 0.6) is 5.75 Å². The summed E-state index contributed by atoms with van der Waals surface area (Å²) in [4.78, 5) is 5.55. The van der Waals surface area contributed by atoms with Crippen molar-refractivity contribution in [1.29, 1.82) is 0 Å². The Morgan fingerprint density at radius 2 is 1.90 bits per heavy atom. The second-order valence-corrected chi connectivity index (χ2v) is 5.83. The second-order valence-electron chi connectivity index (χ2n) is 4.80. The number of nitrogen functional groups attached to an aromatic ring is 1. The SMILES string of the molecule is COc1ccccc1-c1sc(N)nc1-c1cccc(C)c1. The molecule has 0 aliphatic carbocycles. The summed E-state index contributed by atoms with van der Waals surface area (Å²) in [5.41, 5.74) is 10.1. The highest BCUT2D eigenvalue weighted by atomic mass is 32.1. The van der Waals surface area contributed by atoms with Crippen molar-refractivity contribution in [3.05, 3.63) is 54.1 Å². The molecule has 3 aromatic rings. The third kappa shape index (κ3) is 2.62. The van der Waals surface area contributed by atoms with E-state index in [1.807, 2.05) is 30.3 Å². The number of benzene rings is 2. The first-order chi connectivity index (χ1) is 10.2. The van der Waals surface area contributed by atoms with Crippen LogP contribution in [0, 0.1) is 6.92 Å². The zero-order valence-corrected chi connectivity index (χ0v) is 12.8. The minimum atomic E-state index is 0.562. The Hall–Kier alpha value is -2.33. The van der Waals surface area contributed by atoms with Gasteiger partial charge in [0.25, 0.3) is 0 Å². The quantitative estimate of drug-likeness (QED) is 0.780. The summed E-state index contributed by atoms with van der Waals surface area (Å²) in [6.07, 6.45) is 0. The topological polar surface area (TPSA) is 48.1 Å². The molecule has 0 aliphatic heterocycles. The summed E-state index contributed by atoms with van der Waals surface area (Å²) in [5.74, 6) is 0.829. The van der Waals surface area contributed by atoms with Gasteiger partial charge in [-0.05, 0) is 25.1 Å². The predicted octanol–water partition coefficient (Wildman–Crippen LogP) is 4.38. The Morgan fingerprint density at radius 3 is 2.67 bits per heavy atom. The predicted molar refractivity (Wildman–Crippen MR) is 88.7 cm³/mol. The summed E-state index contributed by atoms with van der Waals surface area (Å²) in [6.45, 7) is 2.07. The fourth-order valence-corrected chi connectivity index (χ4v) is 3.22. The standard InChI is InChI=1S/C17H16N2OS/c1-11-6-5-7-12(10-11)15-16(21-17(18)19-15)13-8-3-4-9-14(13)20-2/h3-10H,1-2H3,(H2,18,19). The van der Waals surface area contributed by atoms with Crippen LogP contribution in [0.1, 0.15) is 5.56 Å². The molecule has 0 saturated carbocycles. The van der Waals surface area contributed by atoms with Crippen LogP contribution in [-0.2, 0) is 0 Å². The smallest absolute Gasteiger partial charge is 0.181 e. The molecular weight excluding hydrogens is 280 g/mol. The number of thiazole rings is 1. The lowest BCUT2D eigenvalue weighted by Crippen LogP contribution is -1.88. The first-order valence-electron chi connectivity index (χ1n) is 6.66.